The van der Waals surface area contributed by atoms with Crippen molar-refractivity contribution in [3.8, 4) is 0 Å². The third-order valence-corrected chi connectivity index (χ3v) is 5.10. The van der Waals surface area contributed by atoms with E-state index in [0.29, 0.717) is 12.1 Å². The van der Waals surface area contributed by atoms with Crippen LogP contribution in [0, 0.1) is 11.3 Å². The summed E-state index contributed by atoms with van der Waals surface area (Å²) in [6, 6.07) is 5.28. The van der Waals surface area contributed by atoms with Crippen LogP contribution in [0.3, 0.4) is 0 Å². The fraction of sp³-hybridized carbons (Fsp3) is 0.471. The van der Waals surface area contributed by atoms with Crippen LogP contribution in [0.1, 0.15) is 26.7 Å². The van der Waals surface area contributed by atoms with Gasteiger partial charge >= 0.3 is 12.0 Å². The van der Waals surface area contributed by atoms with Crippen LogP contribution in [0.4, 0.5) is 10.5 Å². The molecular formula is C17H22N4O3. The predicted octanol–water partition coefficient (Wildman–Crippen LogP) is 2.43. The van der Waals surface area contributed by atoms with Crippen molar-refractivity contribution in [1.82, 2.24) is 14.9 Å². The van der Waals surface area contributed by atoms with Crippen LogP contribution in [0.2, 0.25) is 0 Å². The van der Waals surface area contributed by atoms with Crippen LogP contribution in [0.5, 0.6) is 0 Å². The van der Waals surface area contributed by atoms with Crippen molar-refractivity contribution in [2.75, 3.05) is 12.4 Å². The van der Waals surface area contributed by atoms with Crippen LogP contribution in [-0.4, -0.2) is 34.8 Å². The molecule has 1 saturated carbocycles. The highest BCUT2D eigenvalue weighted by atomic mass is 16.5. The van der Waals surface area contributed by atoms with E-state index >= 15 is 0 Å². The summed E-state index contributed by atoms with van der Waals surface area (Å²) in [6.45, 7) is 4.12. The molecule has 0 saturated heterocycles. The summed E-state index contributed by atoms with van der Waals surface area (Å²) >= 11 is 0. The van der Waals surface area contributed by atoms with Gasteiger partial charge in [-0.2, -0.15) is 5.10 Å². The molecule has 3 rings (SSSR count). The summed E-state index contributed by atoms with van der Waals surface area (Å²) in [6.07, 6.45) is 4.67. The Morgan fingerprint density at radius 1 is 1.42 bits per heavy atom. The van der Waals surface area contributed by atoms with E-state index in [1.165, 1.54) is 7.11 Å². The quantitative estimate of drug-likeness (QED) is 0.843. The number of esters is 1. The molecular weight excluding hydrogens is 308 g/mol. The number of rotatable bonds is 4. The normalized spacial score (nSPS) is 21.8. The lowest BCUT2D eigenvalue weighted by molar-refractivity contribution is -0.145. The van der Waals surface area contributed by atoms with Crippen LogP contribution < -0.4 is 10.6 Å². The average molecular weight is 330 g/mol. The number of hydrogen-bond donors (Lipinski definition) is 2. The standard InChI is InChI=1S/C17H22N4O3/c1-17(2)11(10-15(22)24-3)9-14(17)20-16(23)19-12-5-4-8-21-13(12)6-7-18-21/h4-8,11,14H,9-10H2,1-3H3,(H2,19,20,23). The van der Waals surface area contributed by atoms with Gasteiger partial charge < -0.3 is 15.4 Å². The van der Waals surface area contributed by atoms with Gasteiger partial charge in [0.2, 0.25) is 0 Å². The van der Waals surface area contributed by atoms with Gasteiger partial charge in [0.1, 0.15) is 0 Å². The van der Waals surface area contributed by atoms with Crippen molar-refractivity contribution in [2.24, 2.45) is 11.3 Å². The first-order valence-corrected chi connectivity index (χ1v) is 7.98. The molecule has 128 valence electrons. The average Bonchev–Trinajstić information content (AvgIpc) is 3.03. The zero-order valence-electron chi connectivity index (χ0n) is 14.1. The molecule has 1 aliphatic rings. The predicted molar refractivity (Wildman–Crippen MR) is 89.7 cm³/mol. The first-order valence-electron chi connectivity index (χ1n) is 7.98. The molecule has 7 heteroatoms. The van der Waals surface area contributed by atoms with Crippen molar-refractivity contribution < 1.29 is 14.3 Å². The number of aromatic nitrogens is 2. The van der Waals surface area contributed by atoms with E-state index in [-0.39, 0.29) is 29.4 Å². The molecule has 1 fully saturated rings. The number of urea groups is 1. The topological polar surface area (TPSA) is 84.7 Å². The van der Waals surface area contributed by atoms with Gasteiger partial charge in [-0.05, 0) is 36.0 Å². The van der Waals surface area contributed by atoms with Crippen LogP contribution in [-0.2, 0) is 9.53 Å². The van der Waals surface area contributed by atoms with Gasteiger partial charge in [0, 0.05) is 18.7 Å². The van der Waals surface area contributed by atoms with Crippen molar-refractivity contribution >= 4 is 23.2 Å². The Morgan fingerprint density at radius 2 is 2.21 bits per heavy atom. The van der Waals surface area contributed by atoms with E-state index in [1.54, 1.807) is 10.7 Å². The Hall–Kier alpha value is -2.57. The van der Waals surface area contributed by atoms with Gasteiger partial charge in [-0.1, -0.05) is 13.8 Å². The van der Waals surface area contributed by atoms with Gasteiger partial charge in [-0.15, -0.1) is 0 Å². The maximum atomic E-state index is 12.3. The number of ether oxygens (including phenoxy) is 1. The van der Waals surface area contributed by atoms with Gasteiger partial charge in [0.25, 0.3) is 0 Å². The Kier molecular flexibility index (Phi) is 4.17. The molecule has 2 N–H and O–H groups in total. The second-order valence-corrected chi connectivity index (χ2v) is 6.77. The number of carbonyl (C=O) groups is 2. The van der Waals surface area contributed by atoms with E-state index in [4.69, 9.17) is 4.74 Å². The van der Waals surface area contributed by atoms with Crippen molar-refractivity contribution in [1.29, 1.82) is 0 Å². The lowest BCUT2D eigenvalue weighted by atomic mass is 9.57. The molecule has 1 aliphatic carbocycles. The molecule has 2 amide bonds. The first kappa shape index (κ1) is 16.3. The molecule has 7 nitrogen and oxygen atoms in total. The van der Waals surface area contributed by atoms with E-state index in [2.05, 4.69) is 29.6 Å². The maximum Gasteiger partial charge on any atom is 0.319 e. The van der Waals surface area contributed by atoms with E-state index in [1.807, 2.05) is 24.4 Å². The van der Waals surface area contributed by atoms with Gasteiger partial charge in [-0.25, -0.2) is 9.31 Å². The van der Waals surface area contributed by atoms with E-state index < -0.39 is 0 Å². The second-order valence-electron chi connectivity index (χ2n) is 6.77. The molecule has 0 spiro atoms. The SMILES string of the molecule is COC(=O)CC1CC(NC(=O)Nc2cccn3nccc23)C1(C)C. The summed E-state index contributed by atoms with van der Waals surface area (Å²) in [5.41, 5.74) is 1.40. The minimum Gasteiger partial charge on any atom is -0.469 e. The number of pyridine rings is 1. The van der Waals surface area contributed by atoms with Crippen LogP contribution in [0.25, 0.3) is 5.52 Å². The van der Waals surface area contributed by atoms with Gasteiger partial charge in [-0.3, -0.25) is 4.79 Å². The molecule has 24 heavy (non-hydrogen) atoms. The van der Waals surface area contributed by atoms with Gasteiger partial charge in [0.05, 0.1) is 24.5 Å². The zero-order valence-corrected chi connectivity index (χ0v) is 14.1. The third kappa shape index (κ3) is 2.93. The number of nitrogens with zero attached hydrogens (tertiary/aromatic N) is 2. The van der Waals surface area contributed by atoms with Crippen molar-refractivity contribution in [3.63, 3.8) is 0 Å². The highest BCUT2D eigenvalue weighted by Gasteiger charge is 2.49. The molecule has 2 unspecified atom stereocenters. The summed E-state index contributed by atoms with van der Waals surface area (Å²) in [7, 11) is 1.40. The molecule has 0 radical (unpaired) electrons. The van der Waals surface area contributed by atoms with Crippen molar-refractivity contribution in [3.05, 3.63) is 30.6 Å². The minimum absolute atomic E-state index is 0.0248. The lowest BCUT2D eigenvalue weighted by Crippen LogP contribution is -2.59. The Labute approximate surface area is 140 Å². The van der Waals surface area contributed by atoms with Crippen LogP contribution >= 0.6 is 0 Å². The lowest BCUT2D eigenvalue weighted by Gasteiger charge is -2.52. The highest BCUT2D eigenvalue weighted by molar-refractivity contribution is 5.94. The summed E-state index contributed by atoms with van der Waals surface area (Å²) in [4.78, 5) is 23.8. The number of fused-ring (bicyclic) bond motifs is 1. The number of anilines is 1. The smallest absolute Gasteiger partial charge is 0.319 e. The largest absolute Gasteiger partial charge is 0.469 e. The molecule has 2 aromatic rings. The Morgan fingerprint density at radius 3 is 2.92 bits per heavy atom. The fourth-order valence-corrected chi connectivity index (χ4v) is 3.27. The minimum atomic E-state index is -0.251. The molecule has 2 aromatic heterocycles. The summed E-state index contributed by atoms with van der Waals surface area (Å²) < 4.78 is 6.44. The summed E-state index contributed by atoms with van der Waals surface area (Å²) in [5, 5.41) is 10.0. The third-order valence-electron chi connectivity index (χ3n) is 5.10. The van der Waals surface area contributed by atoms with E-state index in [0.717, 1.165) is 11.9 Å². The van der Waals surface area contributed by atoms with Gasteiger partial charge in [0.15, 0.2) is 0 Å². The molecule has 2 heterocycles. The number of methoxy groups -OCH3 is 1. The summed E-state index contributed by atoms with van der Waals surface area (Å²) in [5.74, 6) is 0.0110. The monoisotopic (exact) mass is 330 g/mol. The maximum absolute atomic E-state index is 12.3. The van der Waals surface area contributed by atoms with Crippen molar-refractivity contribution in [2.45, 2.75) is 32.7 Å². The molecule has 0 aliphatic heterocycles. The number of nitrogens with one attached hydrogen (secondary N) is 2. The van der Waals surface area contributed by atoms with E-state index in [9.17, 15) is 9.59 Å². The van der Waals surface area contributed by atoms with Crippen LogP contribution in [0.15, 0.2) is 30.6 Å². The highest BCUT2D eigenvalue weighted by Crippen LogP contribution is 2.48. The number of carbonyl (C=O) groups excluding carboxylic acids is 2. The number of hydrogen-bond acceptors (Lipinski definition) is 4. The number of amides is 2. The zero-order chi connectivity index (χ0) is 17.3. The molecule has 2 atom stereocenters. The molecule has 0 bridgehead atoms. The second kappa shape index (κ2) is 6.14. The first-order chi connectivity index (χ1) is 11.4. The Balaban J connectivity index is 1.60. The fourth-order valence-electron chi connectivity index (χ4n) is 3.27. The molecule has 0 aromatic carbocycles. The Bertz CT molecular complexity index is 768.